The molecule has 0 fully saturated rings. The number of carbonyl (C=O) groups is 1. The van der Waals surface area contributed by atoms with Gasteiger partial charge in [0, 0.05) is 12.6 Å². The number of aliphatic hydroxyl groups excluding tert-OH is 1. The number of nitrogens with one attached hydrogen (secondary N) is 2. The lowest BCUT2D eigenvalue weighted by Gasteiger charge is -2.20. The van der Waals surface area contributed by atoms with E-state index in [1.165, 1.54) is 7.05 Å². The van der Waals surface area contributed by atoms with Crippen molar-refractivity contribution < 1.29 is 9.90 Å². The van der Waals surface area contributed by atoms with Crippen LogP contribution in [0.3, 0.4) is 0 Å². The van der Waals surface area contributed by atoms with E-state index in [0.29, 0.717) is 0 Å². The van der Waals surface area contributed by atoms with Gasteiger partial charge in [-0.1, -0.05) is 0 Å². The van der Waals surface area contributed by atoms with E-state index in [1.807, 2.05) is 0 Å². The van der Waals surface area contributed by atoms with Gasteiger partial charge in [-0.2, -0.15) is 5.26 Å². The maximum atomic E-state index is 11.4. The Morgan fingerprint density at radius 3 is 2.21 bits per heavy atom. The second kappa shape index (κ2) is 4.51. The smallest absolute Gasteiger partial charge is 0.267 e. The maximum absolute atomic E-state index is 11.4. The van der Waals surface area contributed by atoms with Crippen LogP contribution < -0.4 is 10.6 Å². The first-order chi connectivity index (χ1) is 6.31. The summed E-state index contributed by atoms with van der Waals surface area (Å²) in [4.78, 5) is 11.4. The Kier molecular flexibility index (Phi) is 3.96. The van der Waals surface area contributed by atoms with E-state index in [2.05, 4.69) is 10.6 Å². The average Bonchev–Trinajstić information content (AvgIpc) is 2.01. The van der Waals surface area contributed by atoms with Crippen LogP contribution in [0, 0.1) is 11.3 Å². The van der Waals surface area contributed by atoms with Gasteiger partial charge < -0.3 is 15.7 Å². The van der Waals surface area contributed by atoms with Gasteiger partial charge in [-0.15, -0.1) is 0 Å². The molecule has 0 aliphatic rings. The number of nitriles is 1. The first-order valence-corrected chi connectivity index (χ1v) is 4.15. The van der Waals surface area contributed by atoms with Gasteiger partial charge in [-0.25, -0.2) is 0 Å². The van der Waals surface area contributed by atoms with Gasteiger partial charge in [-0.3, -0.25) is 4.79 Å². The minimum atomic E-state index is -0.591. The van der Waals surface area contributed by atoms with Crippen molar-refractivity contribution in [2.75, 3.05) is 7.05 Å². The van der Waals surface area contributed by atoms with E-state index < -0.39 is 17.3 Å². The quantitative estimate of drug-likeness (QED) is 0.340. The van der Waals surface area contributed by atoms with E-state index in [4.69, 9.17) is 5.26 Å². The molecule has 0 radical (unpaired) electrons. The molecule has 1 amide bonds. The molecule has 78 valence electrons. The van der Waals surface area contributed by atoms with Crippen molar-refractivity contribution in [2.24, 2.45) is 0 Å². The minimum absolute atomic E-state index is 0.317. The standard InChI is InChI=1S/C9H15N3O2/c1-9(2,3)12-8(14)6(5-10)7(13)11-4/h11,13H,1-4H3,(H,12,14)/b7-6-. The van der Waals surface area contributed by atoms with Crippen LogP contribution in [-0.2, 0) is 4.79 Å². The second-order valence-corrected chi connectivity index (χ2v) is 3.79. The van der Waals surface area contributed by atoms with Crippen molar-refractivity contribution in [1.82, 2.24) is 10.6 Å². The highest BCUT2D eigenvalue weighted by Crippen LogP contribution is 2.03. The van der Waals surface area contributed by atoms with Gasteiger partial charge in [0.05, 0.1) is 0 Å². The number of rotatable bonds is 2. The van der Waals surface area contributed by atoms with Crippen molar-refractivity contribution in [1.29, 1.82) is 5.26 Å². The van der Waals surface area contributed by atoms with Gasteiger partial charge in [0.25, 0.3) is 5.91 Å². The molecule has 5 nitrogen and oxygen atoms in total. The molecule has 0 saturated heterocycles. The molecule has 0 spiro atoms. The zero-order valence-electron chi connectivity index (χ0n) is 8.80. The maximum Gasteiger partial charge on any atom is 0.267 e. The molecule has 0 aliphatic heterocycles. The fourth-order valence-corrected chi connectivity index (χ4v) is 0.739. The average molecular weight is 197 g/mol. The van der Waals surface area contributed by atoms with Crippen LogP contribution in [0.5, 0.6) is 0 Å². The zero-order valence-corrected chi connectivity index (χ0v) is 8.80. The zero-order chi connectivity index (χ0) is 11.4. The Hall–Kier alpha value is -1.70. The fourth-order valence-electron chi connectivity index (χ4n) is 0.739. The lowest BCUT2D eigenvalue weighted by molar-refractivity contribution is -0.118. The highest BCUT2D eigenvalue weighted by Gasteiger charge is 2.20. The van der Waals surface area contributed by atoms with Crippen molar-refractivity contribution in [2.45, 2.75) is 26.3 Å². The molecule has 0 saturated carbocycles. The number of amides is 1. The summed E-state index contributed by atoms with van der Waals surface area (Å²) >= 11 is 0. The molecule has 3 N–H and O–H groups in total. The molecule has 0 aromatic rings. The second-order valence-electron chi connectivity index (χ2n) is 3.79. The molecule has 0 bridgehead atoms. The molecule has 0 heterocycles. The molecular weight excluding hydrogens is 182 g/mol. The predicted octanol–water partition coefficient (Wildman–Crippen LogP) is 0.414. The Bertz CT molecular complexity index is 294. The first-order valence-electron chi connectivity index (χ1n) is 4.15. The van der Waals surface area contributed by atoms with Crippen molar-refractivity contribution in [3.05, 3.63) is 11.5 Å². The van der Waals surface area contributed by atoms with Gasteiger partial charge in [0.15, 0.2) is 5.57 Å². The molecule has 0 aromatic heterocycles. The highest BCUT2D eigenvalue weighted by atomic mass is 16.3. The summed E-state index contributed by atoms with van der Waals surface area (Å²) in [6.07, 6.45) is 0. The normalized spacial score (nSPS) is 12.5. The third-order valence-electron chi connectivity index (χ3n) is 1.30. The predicted molar refractivity (Wildman–Crippen MR) is 52.2 cm³/mol. The number of aliphatic hydroxyl groups is 1. The van der Waals surface area contributed by atoms with Crippen LogP contribution >= 0.6 is 0 Å². The summed E-state index contributed by atoms with van der Waals surface area (Å²) in [6.45, 7) is 5.36. The molecule has 5 heteroatoms. The van der Waals surface area contributed by atoms with Crippen molar-refractivity contribution in [3.8, 4) is 6.07 Å². The van der Waals surface area contributed by atoms with Gasteiger partial charge >= 0.3 is 0 Å². The molecule has 0 aliphatic carbocycles. The van der Waals surface area contributed by atoms with E-state index in [1.54, 1.807) is 26.8 Å². The van der Waals surface area contributed by atoms with Crippen LogP contribution in [0.1, 0.15) is 20.8 Å². The van der Waals surface area contributed by atoms with E-state index in [0.717, 1.165) is 0 Å². The molecule has 0 aromatic carbocycles. The number of hydrogen-bond acceptors (Lipinski definition) is 4. The lowest BCUT2D eigenvalue weighted by atomic mass is 10.1. The summed E-state index contributed by atoms with van der Waals surface area (Å²) in [5.41, 5.74) is -0.754. The molecule has 14 heavy (non-hydrogen) atoms. The Morgan fingerprint density at radius 1 is 1.43 bits per heavy atom. The van der Waals surface area contributed by atoms with Crippen LogP contribution in [-0.4, -0.2) is 23.6 Å². The molecular formula is C9H15N3O2. The van der Waals surface area contributed by atoms with E-state index in [-0.39, 0.29) is 5.57 Å². The first kappa shape index (κ1) is 12.3. The molecule has 0 rings (SSSR count). The summed E-state index contributed by atoms with van der Waals surface area (Å²) < 4.78 is 0. The Labute approximate surface area is 83.4 Å². The van der Waals surface area contributed by atoms with Gasteiger partial charge in [0.1, 0.15) is 6.07 Å². The highest BCUT2D eigenvalue weighted by molar-refractivity contribution is 5.97. The Balaban J connectivity index is 4.78. The third-order valence-corrected chi connectivity index (χ3v) is 1.30. The summed E-state index contributed by atoms with van der Waals surface area (Å²) in [6, 6.07) is 1.63. The third kappa shape index (κ3) is 3.81. The number of hydrogen-bond donors (Lipinski definition) is 3. The van der Waals surface area contributed by atoms with E-state index in [9.17, 15) is 9.90 Å². The molecule has 0 unspecified atom stereocenters. The van der Waals surface area contributed by atoms with Crippen LogP contribution in [0.15, 0.2) is 11.5 Å². The van der Waals surface area contributed by atoms with E-state index >= 15 is 0 Å². The SMILES string of the molecule is CN/C(O)=C(\C#N)C(=O)NC(C)(C)C. The summed E-state index contributed by atoms with van der Waals surface area (Å²) in [7, 11) is 1.43. The van der Waals surface area contributed by atoms with Crippen LogP contribution in [0.2, 0.25) is 0 Å². The summed E-state index contributed by atoms with van der Waals surface area (Å²) in [5, 5.41) is 22.7. The van der Waals surface area contributed by atoms with Crippen LogP contribution in [0.4, 0.5) is 0 Å². The Morgan fingerprint density at radius 2 is 1.93 bits per heavy atom. The van der Waals surface area contributed by atoms with Gasteiger partial charge in [-0.05, 0) is 20.8 Å². The largest absolute Gasteiger partial charge is 0.494 e. The van der Waals surface area contributed by atoms with Crippen molar-refractivity contribution in [3.63, 3.8) is 0 Å². The monoisotopic (exact) mass is 197 g/mol. The molecule has 0 atom stereocenters. The van der Waals surface area contributed by atoms with Gasteiger partial charge in [0.2, 0.25) is 5.88 Å². The number of nitrogens with zero attached hydrogens (tertiary/aromatic N) is 1. The number of carbonyl (C=O) groups excluding carboxylic acids is 1. The lowest BCUT2D eigenvalue weighted by Crippen LogP contribution is -2.41. The van der Waals surface area contributed by atoms with Crippen molar-refractivity contribution >= 4 is 5.91 Å². The summed E-state index contributed by atoms with van der Waals surface area (Å²) in [5.74, 6) is -1.01. The topological polar surface area (TPSA) is 85.2 Å². The fraction of sp³-hybridized carbons (Fsp3) is 0.556. The minimum Gasteiger partial charge on any atom is -0.494 e. The van der Waals surface area contributed by atoms with Crippen LogP contribution in [0.25, 0.3) is 0 Å².